The molecular formula is C21H22N2O4S. The summed E-state index contributed by atoms with van der Waals surface area (Å²) < 4.78 is 10.5. The molecule has 0 aliphatic heterocycles. The fourth-order valence-corrected chi connectivity index (χ4v) is 3.69. The van der Waals surface area contributed by atoms with Gasteiger partial charge >= 0.3 is 5.97 Å². The monoisotopic (exact) mass is 398 g/mol. The molecule has 1 unspecified atom stereocenters. The van der Waals surface area contributed by atoms with Crippen LogP contribution in [0.4, 0.5) is 0 Å². The van der Waals surface area contributed by atoms with Crippen molar-refractivity contribution in [1.29, 1.82) is 0 Å². The lowest BCUT2D eigenvalue weighted by atomic mass is 9.99. The molecule has 1 aromatic carbocycles. The quantitative estimate of drug-likeness (QED) is 0.583. The SMILES string of the molecule is CCOC(=O)C(CNC(=O)c1nc(-c2ccco2)sc1C)Cc1ccccc1. The number of aromatic nitrogens is 1. The van der Waals surface area contributed by atoms with Crippen LogP contribution in [0.25, 0.3) is 10.8 Å². The van der Waals surface area contributed by atoms with E-state index in [1.54, 1.807) is 25.3 Å². The lowest BCUT2D eigenvalue weighted by molar-refractivity contribution is -0.147. The van der Waals surface area contributed by atoms with Crippen molar-refractivity contribution in [1.82, 2.24) is 10.3 Å². The van der Waals surface area contributed by atoms with Crippen molar-refractivity contribution in [2.24, 2.45) is 5.92 Å². The Morgan fingerprint density at radius 3 is 2.68 bits per heavy atom. The molecule has 0 aliphatic carbocycles. The molecule has 0 fully saturated rings. The fourth-order valence-electron chi connectivity index (χ4n) is 2.81. The summed E-state index contributed by atoms with van der Waals surface area (Å²) in [6.45, 7) is 4.09. The Labute approximate surface area is 167 Å². The molecule has 1 amide bonds. The van der Waals surface area contributed by atoms with E-state index in [9.17, 15) is 9.59 Å². The Bertz CT molecular complexity index is 919. The van der Waals surface area contributed by atoms with Crippen LogP contribution in [-0.2, 0) is 16.0 Å². The van der Waals surface area contributed by atoms with Crippen LogP contribution < -0.4 is 5.32 Å². The van der Waals surface area contributed by atoms with E-state index in [-0.39, 0.29) is 18.4 Å². The molecule has 0 aliphatic rings. The predicted octanol–water partition coefficient (Wildman–Crippen LogP) is 3.86. The summed E-state index contributed by atoms with van der Waals surface area (Å²) in [6.07, 6.45) is 2.06. The lowest BCUT2D eigenvalue weighted by Gasteiger charge is -2.16. The number of carbonyl (C=O) groups is 2. The van der Waals surface area contributed by atoms with Gasteiger partial charge in [0.05, 0.1) is 18.8 Å². The number of esters is 1. The zero-order valence-corrected chi connectivity index (χ0v) is 16.6. The summed E-state index contributed by atoms with van der Waals surface area (Å²) in [7, 11) is 0. The third-order valence-electron chi connectivity index (χ3n) is 4.20. The van der Waals surface area contributed by atoms with Gasteiger partial charge in [-0.15, -0.1) is 11.3 Å². The van der Waals surface area contributed by atoms with Crippen molar-refractivity contribution in [2.75, 3.05) is 13.2 Å². The van der Waals surface area contributed by atoms with Crippen molar-refractivity contribution in [3.05, 3.63) is 64.9 Å². The zero-order valence-electron chi connectivity index (χ0n) is 15.8. The third kappa shape index (κ3) is 4.86. The maximum atomic E-state index is 12.6. The molecule has 1 atom stereocenters. The first-order valence-electron chi connectivity index (χ1n) is 9.08. The molecule has 7 heteroatoms. The van der Waals surface area contributed by atoms with Gasteiger partial charge in [0.15, 0.2) is 10.8 Å². The van der Waals surface area contributed by atoms with Crippen molar-refractivity contribution < 1.29 is 18.7 Å². The second-order valence-corrected chi connectivity index (χ2v) is 7.45. The minimum Gasteiger partial charge on any atom is -0.466 e. The standard InChI is InChI=1S/C21H22N2O4S/c1-3-26-21(25)16(12-15-8-5-4-6-9-15)13-22-19(24)18-14(2)28-20(23-18)17-10-7-11-27-17/h4-11,16H,3,12-13H2,1-2H3,(H,22,24). The van der Waals surface area contributed by atoms with Gasteiger partial charge in [0.2, 0.25) is 0 Å². The molecule has 1 N–H and O–H groups in total. The van der Waals surface area contributed by atoms with E-state index in [4.69, 9.17) is 9.15 Å². The number of thiazole rings is 1. The highest BCUT2D eigenvalue weighted by molar-refractivity contribution is 7.15. The number of aryl methyl sites for hydroxylation is 1. The van der Waals surface area contributed by atoms with Crippen LogP contribution in [0.2, 0.25) is 0 Å². The molecule has 2 aromatic heterocycles. The van der Waals surface area contributed by atoms with Crippen molar-refractivity contribution in [2.45, 2.75) is 20.3 Å². The van der Waals surface area contributed by atoms with Gasteiger partial charge in [0.1, 0.15) is 5.69 Å². The number of furan rings is 1. The van der Waals surface area contributed by atoms with E-state index in [1.165, 1.54) is 11.3 Å². The third-order valence-corrected chi connectivity index (χ3v) is 5.18. The van der Waals surface area contributed by atoms with E-state index in [0.29, 0.717) is 29.5 Å². The maximum Gasteiger partial charge on any atom is 0.311 e. The topological polar surface area (TPSA) is 81.4 Å². The summed E-state index contributed by atoms with van der Waals surface area (Å²) in [5.74, 6) is -0.470. The van der Waals surface area contributed by atoms with Crippen molar-refractivity contribution >= 4 is 23.2 Å². The van der Waals surface area contributed by atoms with Crippen LogP contribution in [0.5, 0.6) is 0 Å². The molecule has 0 saturated carbocycles. The first kappa shape index (κ1) is 19.8. The summed E-state index contributed by atoms with van der Waals surface area (Å²) in [5.41, 5.74) is 1.36. The predicted molar refractivity (Wildman–Crippen MR) is 107 cm³/mol. The molecule has 28 heavy (non-hydrogen) atoms. The number of amides is 1. The van der Waals surface area contributed by atoms with Gasteiger partial charge in [-0.05, 0) is 38.0 Å². The second-order valence-electron chi connectivity index (χ2n) is 6.25. The van der Waals surface area contributed by atoms with Crippen LogP contribution in [0.1, 0.15) is 27.9 Å². The van der Waals surface area contributed by atoms with Gasteiger partial charge in [-0.25, -0.2) is 4.98 Å². The Kier molecular flexibility index (Phi) is 6.60. The summed E-state index contributed by atoms with van der Waals surface area (Å²) in [4.78, 5) is 30.1. The number of hydrogen-bond acceptors (Lipinski definition) is 6. The summed E-state index contributed by atoms with van der Waals surface area (Å²) >= 11 is 1.39. The minimum atomic E-state index is -0.463. The van der Waals surface area contributed by atoms with E-state index < -0.39 is 5.92 Å². The summed E-state index contributed by atoms with van der Waals surface area (Å²) in [5, 5.41) is 3.48. The average Bonchev–Trinajstić information content (AvgIpc) is 3.35. The van der Waals surface area contributed by atoms with Gasteiger partial charge in [0, 0.05) is 11.4 Å². The van der Waals surface area contributed by atoms with E-state index in [2.05, 4.69) is 10.3 Å². The largest absolute Gasteiger partial charge is 0.466 e. The fraction of sp³-hybridized carbons (Fsp3) is 0.286. The van der Waals surface area contributed by atoms with E-state index in [0.717, 1.165) is 10.4 Å². The van der Waals surface area contributed by atoms with E-state index in [1.807, 2.05) is 37.3 Å². The van der Waals surface area contributed by atoms with Gasteiger partial charge in [-0.2, -0.15) is 0 Å². The highest BCUT2D eigenvalue weighted by atomic mass is 32.1. The number of hydrogen-bond donors (Lipinski definition) is 1. The Morgan fingerprint density at radius 2 is 2.00 bits per heavy atom. The van der Waals surface area contributed by atoms with Gasteiger partial charge in [0.25, 0.3) is 5.91 Å². The molecule has 0 saturated heterocycles. The number of rotatable bonds is 8. The second kappa shape index (κ2) is 9.32. The molecule has 146 valence electrons. The normalized spacial score (nSPS) is 11.8. The summed E-state index contributed by atoms with van der Waals surface area (Å²) in [6, 6.07) is 13.3. The molecule has 3 rings (SSSR count). The number of nitrogens with zero attached hydrogens (tertiary/aromatic N) is 1. The maximum absolute atomic E-state index is 12.6. The number of ether oxygens (including phenoxy) is 1. The highest BCUT2D eigenvalue weighted by Crippen LogP contribution is 2.27. The molecule has 0 bridgehead atoms. The number of nitrogens with one attached hydrogen (secondary N) is 1. The van der Waals surface area contributed by atoms with Gasteiger partial charge < -0.3 is 14.5 Å². The Balaban J connectivity index is 1.68. The molecule has 0 radical (unpaired) electrons. The highest BCUT2D eigenvalue weighted by Gasteiger charge is 2.23. The molecule has 2 heterocycles. The van der Waals surface area contributed by atoms with Crippen LogP contribution in [0.3, 0.4) is 0 Å². The van der Waals surface area contributed by atoms with Crippen LogP contribution in [-0.4, -0.2) is 30.0 Å². The molecule has 0 spiro atoms. The van der Waals surface area contributed by atoms with Gasteiger partial charge in [-0.1, -0.05) is 30.3 Å². The molecule has 3 aromatic rings. The Morgan fingerprint density at radius 1 is 1.21 bits per heavy atom. The smallest absolute Gasteiger partial charge is 0.311 e. The van der Waals surface area contributed by atoms with Crippen LogP contribution >= 0.6 is 11.3 Å². The van der Waals surface area contributed by atoms with Gasteiger partial charge in [-0.3, -0.25) is 9.59 Å². The Hall–Kier alpha value is -2.93. The molecule has 6 nitrogen and oxygen atoms in total. The average molecular weight is 398 g/mol. The number of carbonyl (C=O) groups excluding carboxylic acids is 2. The minimum absolute atomic E-state index is 0.180. The van der Waals surface area contributed by atoms with E-state index >= 15 is 0 Å². The van der Waals surface area contributed by atoms with Crippen molar-refractivity contribution in [3.63, 3.8) is 0 Å². The van der Waals surface area contributed by atoms with Crippen molar-refractivity contribution in [3.8, 4) is 10.8 Å². The zero-order chi connectivity index (χ0) is 19.9. The first-order chi connectivity index (χ1) is 13.6. The van der Waals surface area contributed by atoms with Crippen LogP contribution in [0, 0.1) is 12.8 Å². The lowest BCUT2D eigenvalue weighted by Crippen LogP contribution is -2.35. The number of benzene rings is 1. The van der Waals surface area contributed by atoms with Crippen LogP contribution in [0.15, 0.2) is 53.1 Å². The first-order valence-corrected chi connectivity index (χ1v) is 9.90. The molecular weight excluding hydrogens is 376 g/mol.